The van der Waals surface area contributed by atoms with Crippen LogP contribution in [0.25, 0.3) is 0 Å². The topological polar surface area (TPSA) is 108 Å². The van der Waals surface area contributed by atoms with Crippen LogP contribution in [0.1, 0.15) is 42.9 Å². The molecular weight excluding hydrogens is 564 g/mol. The third kappa shape index (κ3) is 7.55. The van der Waals surface area contributed by atoms with E-state index in [-0.39, 0.29) is 28.3 Å². The number of hydrogen-bond acceptors (Lipinski definition) is 6. The number of amides is 3. The smallest absolute Gasteiger partial charge is 0.319 e. The van der Waals surface area contributed by atoms with Gasteiger partial charge in [-0.1, -0.05) is 42.5 Å². The number of benzene rings is 3. The first-order valence-electron chi connectivity index (χ1n) is 14.7. The van der Waals surface area contributed by atoms with Gasteiger partial charge in [0.2, 0.25) is 5.91 Å². The number of rotatable bonds is 10. The van der Waals surface area contributed by atoms with Gasteiger partial charge in [-0.2, -0.15) is 0 Å². The Morgan fingerprint density at radius 1 is 0.930 bits per heavy atom. The molecule has 2 saturated heterocycles. The van der Waals surface area contributed by atoms with Crippen molar-refractivity contribution in [3.63, 3.8) is 0 Å². The van der Waals surface area contributed by atoms with Gasteiger partial charge in [-0.25, -0.2) is 13.2 Å². The van der Waals surface area contributed by atoms with Gasteiger partial charge in [-0.05, 0) is 86.3 Å². The van der Waals surface area contributed by atoms with Crippen molar-refractivity contribution < 1.29 is 22.7 Å². The van der Waals surface area contributed by atoms with Gasteiger partial charge >= 0.3 is 6.03 Å². The normalized spacial score (nSPS) is 17.5. The molecule has 0 bridgehead atoms. The Balaban J connectivity index is 1.14. The van der Waals surface area contributed by atoms with Crippen LogP contribution in [-0.2, 0) is 21.2 Å². The molecule has 3 amide bonds. The lowest BCUT2D eigenvalue weighted by Crippen LogP contribution is -2.45. The summed E-state index contributed by atoms with van der Waals surface area (Å²) in [6.07, 6.45) is 4.42. The molecule has 0 aliphatic carbocycles. The number of ether oxygens (including phenoxy) is 1. The third-order valence-corrected chi connectivity index (χ3v) is 9.86. The number of piperidine rings is 1. The summed E-state index contributed by atoms with van der Waals surface area (Å²) in [5.74, 6) is 0.933. The Labute approximate surface area is 254 Å². The fourth-order valence-electron chi connectivity index (χ4n) is 6.09. The zero-order valence-electron chi connectivity index (χ0n) is 24.8. The molecule has 43 heavy (non-hydrogen) atoms. The van der Waals surface area contributed by atoms with E-state index in [9.17, 15) is 18.0 Å². The van der Waals surface area contributed by atoms with Crippen LogP contribution in [0.3, 0.4) is 0 Å². The van der Waals surface area contributed by atoms with Crippen LogP contribution in [0.15, 0.2) is 83.8 Å². The summed E-state index contributed by atoms with van der Waals surface area (Å²) in [4.78, 5) is 31.0. The summed E-state index contributed by atoms with van der Waals surface area (Å²) in [5, 5.41) is 6.06. The zero-order valence-corrected chi connectivity index (χ0v) is 25.6. The first-order valence-corrected chi connectivity index (χ1v) is 16.6. The minimum atomic E-state index is -3.25. The summed E-state index contributed by atoms with van der Waals surface area (Å²) in [7, 11) is -1.64. The molecule has 228 valence electrons. The molecule has 2 aliphatic rings. The van der Waals surface area contributed by atoms with E-state index < -0.39 is 9.84 Å². The Morgan fingerprint density at radius 3 is 2.21 bits per heavy atom. The fraction of sp³-hybridized carbons (Fsp3) is 0.394. The Bertz CT molecular complexity index is 1500. The van der Waals surface area contributed by atoms with E-state index >= 15 is 0 Å². The summed E-state index contributed by atoms with van der Waals surface area (Å²) in [5.41, 5.74) is 2.35. The molecule has 3 aromatic rings. The van der Waals surface area contributed by atoms with Crippen molar-refractivity contribution in [3.05, 3.63) is 90.0 Å². The minimum absolute atomic E-state index is 0.159. The van der Waals surface area contributed by atoms with Crippen LogP contribution in [0.2, 0.25) is 0 Å². The van der Waals surface area contributed by atoms with Crippen LogP contribution in [0.5, 0.6) is 5.75 Å². The van der Waals surface area contributed by atoms with E-state index in [0.717, 1.165) is 68.7 Å². The standard InChI is InChI=1S/C33H40N4O5S/c1-42-28-12-10-27(11-13-28)34-32(39)35-30(26-6-4-3-5-7-26)16-20-36-21-17-33(18-22-36)19-23-37(31(33)38)24-25-8-14-29(15-9-25)43(2,40)41/h3-15,30H,16-24H2,1-2H3,(H2,34,35,39). The molecule has 2 aliphatic heterocycles. The molecule has 0 saturated carbocycles. The second kappa shape index (κ2) is 13.2. The van der Waals surface area contributed by atoms with Crippen LogP contribution >= 0.6 is 0 Å². The highest BCUT2D eigenvalue weighted by atomic mass is 32.2. The van der Waals surface area contributed by atoms with Gasteiger partial charge in [0.1, 0.15) is 5.75 Å². The van der Waals surface area contributed by atoms with Crippen molar-refractivity contribution in [3.8, 4) is 5.75 Å². The first-order chi connectivity index (χ1) is 20.6. The van der Waals surface area contributed by atoms with Crippen LogP contribution in [-0.4, -0.2) is 69.7 Å². The van der Waals surface area contributed by atoms with Gasteiger partial charge in [-0.15, -0.1) is 0 Å². The molecule has 3 aromatic carbocycles. The van der Waals surface area contributed by atoms with Crippen molar-refractivity contribution in [2.75, 3.05) is 44.9 Å². The Hall–Kier alpha value is -3.89. The molecule has 0 aromatic heterocycles. The first kappa shape index (κ1) is 30.6. The maximum absolute atomic E-state index is 13.5. The largest absolute Gasteiger partial charge is 0.497 e. The third-order valence-electron chi connectivity index (χ3n) is 8.73. The second-order valence-corrected chi connectivity index (χ2v) is 13.6. The van der Waals surface area contributed by atoms with Gasteiger partial charge in [0.05, 0.1) is 23.5 Å². The lowest BCUT2D eigenvalue weighted by molar-refractivity contribution is -0.138. The Kier molecular flexibility index (Phi) is 9.37. The van der Waals surface area contributed by atoms with E-state index in [1.807, 2.05) is 35.2 Å². The van der Waals surface area contributed by atoms with Gasteiger partial charge < -0.3 is 25.2 Å². The molecule has 1 spiro atoms. The van der Waals surface area contributed by atoms with E-state index in [2.05, 4.69) is 15.5 Å². The average molecular weight is 605 g/mol. The molecule has 1 atom stereocenters. The van der Waals surface area contributed by atoms with Crippen LogP contribution in [0, 0.1) is 5.41 Å². The zero-order chi connectivity index (χ0) is 30.5. The van der Waals surface area contributed by atoms with E-state index in [1.54, 1.807) is 55.6 Å². The highest BCUT2D eigenvalue weighted by Gasteiger charge is 2.47. The SMILES string of the molecule is COc1ccc(NC(=O)NC(CCN2CCC3(CC2)CCN(Cc2ccc(S(C)(=O)=O)cc2)C3=O)c2ccccc2)cc1. The molecule has 2 N–H and O–H groups in total. The second-order valence-electron chi connectivity index (χ2n) is 11.6. The number of nitrogens with zero attached hydrogens (tertiary/aromatic N) is 2. The predicted molar refractivity (Wildman–Crippen MR) is 167 cm³/mol. The van der Waals surface area contributed by atoms with E-state index in [1.165, 1.54) is 6.26 Å². The quantitative estimate of drug-likeness (QED) is 0.342. The van der Waals surface area contributed by atoms with Gasteiger partial charge in [0.25, 0.3) is 0 Å². The molecule has 2 heterocycles. The lowest BCUT2D eigenvalue weighted by atomic mass is 9.77. The number of anilines is 1. The molecule has 9 nitrogen and oxygen atoms in total. The van der Waals surface area contributed by atoms with Gasteiger partial charge in [0, 0.05) is 31.6 Å². The van der Waals surface area contributed by atoms with Crippen molar-refractivity contribution in [2.24, 2.45) is 5.41 Å². The fourth-order valence-corrected chi connectivity index (χ4v) is 6.72. The number of methoxy groups -OCH3 is 1. The number of urea groups is 1. The van der Waals surface area contributed by atoms with E-state index in [0.29, 0.717) is 12.2 Å². The number of likely N-dealkylation sites (tertiary alicyclic amines) is 2. The number of carbonyl (C=O) groups excluding carboxylic acids is 2. The van der Waals surface area contributed by atoms with Crippen LogP contribution in [0.4, 0.5) is 10.5 Å². The van der Waals surface area contributed by atoms with E-state index in [4.69, 9.17) is 4.74 Å². The molecule has 5 rings (SSSR count). The van der Waals surface area contributed by atoms with Gasteiger partial charge in [-0.3, -0.25) is 4.79 Å². The summed E-state index contributed by atoms with van der Waals surface area (Å²) < 4.78 is 28.7. The molecule has 1 unspecified atom stereocenters. The number of sulfone groups is 1. The lowest BCUT2D eigenvalue weighted by Gasteiger charge is -2.38. The highest BCUT2D eigenvalue weighted by Crippen LogP contribution is 2.42. The molecule has 0 radical (unpaired) electrons. The molecule has 10 heteroatoms. The summed E-state index contributed by atoms with van der Waals surface area (Å²) >= 11 is 0. The maximum atomic E-state index is 13.5. The number of nitrogens with one attached hydrogen (secondary N) is 2. The highest BCUT2D eigenvalue weighted by molar-refractivity contribution is 7.90. The minimum Gasteiger partial charge on any atom is -0.497 e. The van der Waals surface area contributed by atoms with Crippen molar-refractivity contribution in [1.82, 2.24) is 15.1 Å². The molecule has 2 fully saturated rings. The summed E-state index contributed by atoms with van der Waals surface area (Å²) in [6, 6.07) is 23.6. The summed E-state index contributed by atoms with van der Waals surface area (Å²) in [6.45, 7) is 3.70. The van der Waals surface area contributed by atoms with Crippen molar-refractivity contribution in [1.29, 1.82) is 0 Å². The molecular formula is C33H40N4O5S. The van der Waals surface area contributed by atoms with Crippen molar-refractivity contribution in [2.45, 2.75) is 43.2 Å². The number of hydrogen-bond donors (Lipinski definition) is 2. The monoisotopic (exact) mass is 604 g/mol. The van der Waals surface area contributed by atoms with Crippen molar-refractivity contribution >= 4 is 27.5 Å². The van der Waals surface area contributed by atoms with Gasteiger partial charge in [0.15, 0.2) is 9.84 Å². The number of carbonyl (C=O) groups is 2. The average Bonchev–Trinajstić information content (AvgIpc) is 3.30. The maximum Gasteiger partial charge on any atom is 0.319 e. The predicted octanol–water partition coefficient (Wildman–Crippen LogP) is 4.87. The van der Waals surface area contributed by atoms with Crippen LogP contribution < -0.4 is 15.4 Å². The Morgan fingerprint density at radius 2 is 1.58 bits per heavy atom.